The van der Waals surface area contributed by atoms with E-state index in [4.69, 9.17) is 20.9 Å². The summed E-state index contributed by atoms with van der Waals surface area (Å²) < 4.78 is 13.9. The molecule has 4 rings (SSSR count). The number of ether oxygens (including phenoxy) is 2. The van der Waals surface area contributed by atoms with Gasteiger partial charge in [-0.15, -0.1) is 5.10 Å². The second-order valence-corrected chi connectivity index (χ2v) is 10.2. The Kier molecular flexibility index (Phi) is 9.77. The van der Waals surface area contributed by atoms with Crippen LogP contribution < -0.4 is 26.3 Å². The molecule has 0 unspecified atom stereocenters. The first-order chi connectivity index (χ1) is 18.9. The Morgan fingerprint density at radius 1 is 1.05 bits per heavy atom. The molecule has 1 aromatic heterocycles. The van der Waals surface area contributed by atoms with Crippen molar-refractivity contribution in [3.05, 3.63) is 60.4 Å². The van der Waals surface area contributed by atoms with E-state index in [-0.39, 0.29) is 24.5 Å². The number of aliphatic imine (C=N–C) groups is 1. The predicted octanol–water partition coefficient (Wildman–Crippen LogP) is 3.82. The number of nitrogens with zero attached hydrogens (tertiary/aromatic N) is 4. The molecule has 1 atom stereocenters. The molecule has 0 saturated heterocycles. The van der Waals surface area contributed by atoms with Crippen LogP contribution in [0.5, 0.6) is 11.5 Å². The molecule has 0 spiro atoms. The molecule has 0 bridgehead atoms. The Balaban J connectivity index is 1.44. The Bertz CT molecular complexity index is 1250. The van der Waals surface area contributed by atoms with E-state index in [0.717, 1.165) is 36.1 Å². The van der Waals surface area contributed by atoms with Crippen molar-refractivity contribution in [2.45, 2.75) is 64.6 Å². The first-order valence-electron chi connectivity index (χ1n) is 13.6. The lowest BCUT2D eigenvalue weighted by Crippen LogP contribution is -2.34. The molecule has 1 heterocycles. The van der Waals surface area contributed by atoms with E-state index in [1.165, 1.54) is 0 Å². The van der Waals surface area contributed by atoms with Gasteiger partial charge < -0.3 is 26.3 Å². The number of benzene rings is 2. The van der Waals surface area contributed by atoms with Crippen molar-refractivity contribution in [3.8, 4) is 22.6 Å². The molecule has 10 heteroatoms. The third-order valence-corrected chi connectivity index (χ3v) is 6.43. The van der Waals surface area contributed by atoms with Gasteiger partial charge in [-0.3, -0.25) is 9.79 Å². The molecule has 1 saturated carbocycles. The molecule has 208 valence electrons. The molecule has 5 N–H and O–H groups in total. The summed E-state index contributed by atoms with van der Waals surface area (Å²) in [4.78, 5) is 16.9. The van der Waals surface area contributed by atoms with Gasteiger partial charge in [-0.25, -0.2) is 4.68 Å². The van der Waals surface area contributed by atoms with Crippen LogP contribution in [-0.4, -0.2) is 46.1 Å². The van der Waals surface area contributed by atoms with Crippen LogP contribution in [0, 0.1) is 5.92 Å². The van der Waals surface area contributed by atoms with Gasteiger partial charge in [0.1, 0.15) is 29.8 Å². The minimum Gasteiger partial charge on any atom is -0.493 e. The molecule has 1 amide bonds. The summed E-state index contributed by atoms with van der Waals surface area (Å²) in [6.07, 6.45) is 5.94. The normalized spacial score (nSPS) is 13.6. The maximum absolute atomic E-state index is 12.9. The van der Waals surface area contributed by atoms with Crippen LogP contribution >= 0.6 is 0 Å². The highest BCUT2D eigenvalue weighted by atomic mass is 16.5. The highest BCUT2D eigenvalue weighted by Gasteiger charge is 2.29. The Morgan fingerprint density at radius 2 is 1.72 bits per heavy atom. The predicted molar refractivity (Wildman–Crippen MR) is 151 cm³/mol. The van der Waals surface area contributed by atoms with E-state index < -0.39 is 6.04 Å². The minimum absolute atomic E-state index is 0.0409. The van der Waals surface area contributed by atoms with Crippen molar-refractivity contribution >= 4 is 11.9 Å². The van der Waals surface area contributed by atoms with Crippen LogP contribution in [0.1, 0.15) is 57.7 Å². The number of carbonyl (C=O) groups is 1. The molecule has 2 aromatic carbocycles. The van der Waals surface area contributed by atoms with Crippen molar-refractivity contribution in [2.75, 3.05) is 13.2 Å². The Hall–Kier alpha value is -4.08. The lowest BCUT2D eigenvalue weighted by Gasteiger charge is -2.16. The number of nitrogens with two attached hydrogens (primary N) is 2. The highest BCUT2D eigenvalue weighted by Crippen LogP contribution is 2.36. The summed E-state index contributed by atoms with van der Waals surface area (Å²) in [5.74, 6) is 2.08. The molecule has 1 aliphatic carbocycles. The van der Waals surface area contributed by atoms with E-state index in [2.05, 4.69) is 34.5 Å². The quantitative estimate of drug-likeness (QED) is 0.153. The summed E-state index contributed by atoms with van der Waals surface area (Å²) in [7, 11) is 0. The highest BCUT2D eigenvalue weighted by molar-refractivity contribution is 5.80. The minimum atomic E-state index is -0.497. The van der Waals surface area contributed by atoms with Gasteiger partial charge in [-0.05, 0) is 50.2 Å². The summed E-state index contributed by atoms with van der Waals surface area (Å²) in [6.45, 7) is 5.67. The number of para-hydroxylation sites is 2. The zero-order valence-electron chi connectivity index (χ0n) is 22.8. The largest absolute Gasteiger partial charge is 0.493 e. The summed E-state index contributed by atoms with van der Waals surface area (Å²) in [5.41, 5.74) is 13.4. The van der Waals surface area contributed by atoms with Crippen molar-refractivity contribution < 1.29 is 14.3 Å². The van der Waals surface area contributed by atoms with Crippen LogP contribution in [0.3, 0.4) is 0 Å². The van der Waals surface area contributed by atoms with Gasteiger partial charge in [0.25, 0.3) is 0 Å². The number of amides is 1. The van der Waals surface area contributed by atoms with Crippen LogP contribution in [0.25, 0.3) is 11.1 Å². The van der Waals surface area contributed by atoms with Gasteiger partial charge in [0, 0.05) is 23.7 Å². The molecule has 0 aliphatic heterocycles. The second-order valence-electron chi connectivity index (χ2n) is 10.2. The molecular formula is C29H39N7O3. The second kappa shape index (κ2) is 13.6. The number of guanidine groups is 1. The van der Waals surface area contributed by atoms with Crippen LogP contribution in [-0.2, 0) is 11.4 Å². The number of hydrogen-bond acceptors (Lipinski definition) is 6. The first-order valence-corrected chi connectivity index (χ1v) is 13.6. The maximum atomic E-state index is 12.9. The zero-order valence-corrected chi connectivity index (χ0v) is 22.8. The van der Waals surface area contributed by atoms with Gasteiger partial charge in [-0.1, -0.05) is 55.5 Å². The number of carbonyl (C=O) groups excluding carboxylic acids is 1. The summed E-state index contributed by atoms with van der Waals surface area (Å²) >= 11 is 0. The average Bonchev–Trinajstić information content (AvgIpc) is 3.61. The Morgan fingerprint density at radius 3 is 2.36 bits per heavy atom. The fourth-order valence-electron chi connectivity index (χ4n) is 4.12. The van der Waals surface area contributed by atoms with E-state index >= 15 is 0 Å². The number of rotatable bonds is 15. The zero-order chi connectivity index (χ0) is 27.6. The third-order valence-electron chi connectivity index (χ3n) is 6.43. The molecule has 0 radical (unpaired) electrons. The van der Waals surface area contributed by atoms with Crippen molar-refractivity contribution in [3.63, 3.8) is 0 Å². The Labute approximate surface area is 229 Å². The lowest BCUT2D eigenvalue weighted by atomic mass is 10.0. The summed E-state index contributed by atoms with van der Waals surface area (Å²) in [6, 6.07) is 15.6. The van der Waals surface area contributed by atoms with Gasteiger partial charge in [0.2, 0.25) is 5.91 Å². The van der Waals surface area contributed by atoms with Crippen molar-refractivity contribution in [2.24, 2.45) is 22.4 Å². The topological polar surface area (TPSA) is 143 Å². The van der Waals surface area contributed by atoms with Crippen LogP contribution in [0.4, 0.5) is 0 Å². The molecular weight excluding hydrogens is 494 g/mol. The number of aromatic nitrogens is 3. The number of hydrogen-bond donors (Lipinski definition) is 3. The molecule has 10 nitrogen and oxygen atoms in total. The first kappa shape index (κ1) is 27.9. The van der Waals surface area contributed by atoms with Crippen molar-refractivity contribution in [1.82, 2.24) is 20.3 Å². The van der Waals surface area contributed by atoms with Gasteiger partial charge in [-0.2, -0.15) is 0 Å². The van der Waals surface area contributed by atoms with Crippen LogP contribution in [0.2, 0.25) is 0 Å². The fourth-order valence-corrected chi connectivity index (χ4v) is 4.12. The van der Waals surface area contributed by atoms with Gasteiger partial charge >= 0.3 is 0 Å². The smallest absolute Gasteiger partial charge is 0.245 e. The van der Waals surface area contributed by atoms with E-state index in [1.54, 1.807) is 10.9 Å². The van der Waals surface area contributed by atoms with E-state index in [9.17, 15) is 4.79 Å². The molecule has 3 aromatic rings. The average molecular weight is 534 g/mol. The van der Waals surface area contributed by atoms with E-state index in [1.807, 2.05) is 48.5 Å². The molecule has 1 fully saturated rings. The molecule has 39 heavy (non-hydrogen) atoms. The van der Waals surface area contributed by atoms with E-state index in [0.29, 0.717) is 43.4 Å². The fraction of sp³-hybridized carbons (Fsp3) is 0.448. The van der Waals surface area contributed by atoms with Crippen molar-refractivity contribution in [1.29, 1.82) is 0 Å². The maximum Gasteiger partial charge on any atom is 0.245 e. The third kappa shape index (κ3) is 8.46. The van der Waals surface area contributed by atoms with Gasteiger partial charge in [0.05, 0.1) is 12.8 Å². The van der Waals surface area contributed by atoms with Gasteiger partial charge in [0.15, 0.2) is 5.96 Å². The lowest BCUT2D eigenvalue weighted by molar-refractivity contribution is -0.125. The standard InChI is InChI=1S/C29H39N7O3/c1-20(2)15-17-38-26-11-5-3-8-23(26)24-9-4-6-12-27(24)39-19-22-18-36(35-34-22)25(10-7-16-32-29(30)31)28(37)33-21-13-14-21/h3-6,8-9,11-12,18,20-21,25H,7,10,13-17,19H2,1-2H3,(H,33,37)(H4,30,31,32)/t25-/m1/s1. The SMILES string of the molecule is CC(C)CCOc1ccccc1-c1ccccc1OCc1cn([C@H](CCCN=C(N)N)C(=O)NC2CC2)nn1. The molecule has 1 aliphatic rings. The summed E-state index contributed by atoms with van der Waals surface area (Å²) in [5, 5.41) is 11.6. The monoisotopic (exact) mass is 533 g/mol. The number of nitrogens with one attached hydrogen (secondary N) is 1. The van der Waals surface area contributed by atoms with Crippen LogP contribution in [0.15, 0.2) is 59.7 Å².